The summed E-state index contributed by atoms with van der Waals surface area (Å²) in [4.78, 5) is 1.90. The molecule has 0 saturated heterocycles. The second kappa shape index (κ2) is 5.50. The fraction of sp³-hybridized carbons (Fsp3) is 0.286. The molecule has 0 saturated carbocycles. The van der Waals surface area contributed by atoms with E-state index in [1.807, 2.05) is 19.1 Å². The minimum Gasteiger partial charge on any atom is -0.496 e. The maximum atomic E-state index is 13.8. The van der Waals surface area contributed by atoms with Gasteiger partial charge in [0.15, 0.2) is 0 Å². The predicted octanol–water partition coefficient (Wildman–Crippen LogP) is 3.54. The van der Waals surface area contributed by atoms with E-state index in [4.69, 9.17) is 4.74 Å². The van der Waals surface area contributed by atoms with E-state index in [1.165, 1.54) is 29.4 Å². The van der Waals surface area contributed by atoms with Gasteiger partial charge in [0.25, 0.3) is 0 Å². The number of ether oxygens (including phenoxy) is 1. The van der Waals surface area contributed by atoms with Gasteiger partial charge < -0.3 is 9.84 Å². The largest absolute Gasteiger partial charge is 0.496 e. The van der Waals surface area contributed by atoms with E-state index in [1.54, 1.807) is 12.1 Å². The molecule has 0 radical (unpaired) electrons. The maximum absolute atomic E-state index is 13.8. The van der Waals surface area contributed by atoms with Crippen molar-refractivity contribution in [1.29, 1.82) is 0 Å². The van der Waals surface area contributed by atoms with Crippen LogP contribution in [-0.2, 0) is 6.42 Å². The zero-order valence-corrected chi connectivity index (χ0v) is 11.1. The van der Waals surface area contributed by atoms with Gasteiger partial charge in [0, 0.05) is 9.75 Å². The second-order valence-electron chi connectivity index (χ2n) is 3.92. The highest BCUT2D eigenvalue weighted by Gasteiger charge is 2.21. The van der Waals surface area contributed by atoms with Crippen LogP contribution in [0.2, 0.25) is 0 Å². The third-order valence-corrected chi connectivity index (χ3v) is 4.09. The molecule has 4 heteroatoms. The zero-order valence-electron chi connectivity index (χ0n) is 10.3. The summed E-state index contributed by atoms with van der Waals surface area (Å²) >= 11 is 1.49. The highest BCUT2D eigenvalue weighted by atomic mass is 32.1. The minimum atomic E-state index is -0.980. The summed E-state index contributed by atoms with van der Waals surface area (Å²) < 4.78 is 18.9. The summed E-state index contributed by atoms with van der Waals surface area (Å²) in [7, 11) is 1.47. The molecule has 0 bridgehead atoms. The molecule has 2 rings (SSSR count). The van der Waals surface area contributed by atoms with Crippen molar-refractivity contribution >= 4 is 11.3 Å². The van der Waals surface area contributed by atoms with Crippen LogP contribution in [-0.4, -0.2) is 12.2 Å². The molecule has 1 unspecified atom stereocenters. The first-order valence-electron chi connectivity index (χ1n) is 5.76. The summed E-state index contributed by atoms with van der Waals surface area (Å²) in [5.74, 6) is -0.0813. The Labute approximate surface area is 110 Å². The summed E-state index contributed by atoms with van der Waals surface area (Å²) in [5.41, 5.74) is 0.199. The van der Waals surface area contributed by atoms with Gasteiger partial charge in [-0.15, -0.1) is 11.3 Å². The van der Waals surface area contributed by atoms with E-state index in [2.05, 4.69) is 0 Å². The van der Waals surface area contributed by atoms with E-state index < -0.39 is 11.9 Å². The highest BCUT2D eigenvalue weighted by molar-refractivity contribution is 7.12. The lowest BCUT2D eigenvalue weighted by molar-refractivity contribution is 0.212. The van der Waals surface area contributed by atoms with Gasteiger partial charge in [-0.25, -0.2) is 4.39 Å². The molecule has 0 fully saturated rings. The van der Waals surface area contributed by atoms with Crippen LogP contribution >= 0.6 is 11.3 Å². The van der Waals surface area contributed by atoms with Gasteiger partial charge >= 0.3 is 0 Å². The molecular formula is C14H15FO2S. The van der Waals surface area contributed by atoms with Gasteiger partial charge in [0.05, 0.1) is 12.7 Å². The second-order valence-corrected chi connectivity index (χ2v) is 5.12. The van der Waals surface area contributed by atoms with Crippen LogP contribution in [0, 0.1) is 5.82 Å². The molecule has 2 aromatic rings. The van der Waals surface area contributed by atoms with Crippen molar-refractivity contribution < 1.29 is 14.2 Å². The first-order chi connectivity index (χ1) is 8.67. The Morgan fingerprint density at radius 1 is 1.33 bits per heavy atom. The number of thiophene rings is 1. The van der Waals surface area contributed by atoms with Crippen LogP contribution in [0.4, 0.5) is 4.39 Å². The third kappa shape index (κ3) is 2.40. The van der Waals surface area contributed by atoms with Crippen LogP contribution in [0.1, 0.15) is 28.3 Å². The van der Waals surface area contributed by atoms with Crippen molar-refractivity contribution in [1.82, 2.24) is 0 Å². The predicted molar refractivity (Wildman–Crippen MR) is 70.7 cm³/mol. The zero-order chi connectivity index (χ0) is 13.1. The van der Waals surface area contributed by atoms with E-state index in [0.717, 1.165) is 11.3 Å². The Balaban J connectivity index is 2.41. The summed E-state index contributed by atoms with van der Waals surface area (Å²) in [6, 6.07) is 8.33. The molecule has 18 heavy (non-hydrogen) atoms. The molecule has 2 nitrogen and oxygen atoms in total. The average Bonchev–Trinajstić information content (AvgIpc) is 2.86. The number of aryl methyl sites for hydroxylation is 1. The molecule has 0 aliphatic carbocycles. The first kappa shape index (κ1) is 13.1. The molecule has 0 aliphatic rings. The van der Waals surface area contributed by atoms with Gasteiger partial charge in [-0.2, -0.15) is 0 Å². The quantitative estimate of drug-likeness (QED) is 0.917. The number of halogens is 1. The monoisotopic (exact) mass is 266 g/mol. The number of hydrogen-bond donors (Lipinski definition) is 1. The summed E-state index contributed by atoms with van der Waals surface area (Å²) in [6.07, 6.45) is -0.0716. The van der Waals surface area contributed by atoms with E-state index >= 15 is 0 Å². The minimum absolute atomic E-state index is 0.199. The fourth-order valence-electron chi connectivity index (χ4n) is 1.83. The molecule has 0 spiro atoms. The van der Waals surface area contributed by atoms with E-state index in [9.17, 15) is 9.50 Å². The van der Waals surface area contributed by atoms with Crippen molar-refractivity contribution in [3.8, 4) is 5.75 Å². The molecule has 0 amide bonds. The van der Waals surface area contributed by atoms with Gasteiger partial charge in [0.1, 0.15) is 17.7 Å². The molecule has 1 heterocycles. The van der Waals surface area contributed by atoms with E-state index in [0.29, 0.717) is 5.75 Å². The van der Waals surface area contributed by atoms with Crippen molar-refractivity contribution in [3.63, 3.8) is 0 Å². The van der Waals surface area contributed by atoms with Gasteiger partial charge in [0.2, 0.25) is 0 Å². The summed E-state index contributed by atoms with van der Waals surface area (Å²) in [6.45, 7) is 2.05. The Kier molecular flexibility index (Phi) is 3.99. The molecular weight excluding hydrogens is 251 g/mol. The van der Waals surface area contributed by atoms with Crippen molar-refractivity contribution in [2.24, 2.45) is 0 Å². The van der Waals surface area contributed by atoms with Gasteiger partial charge in [-0.3, -0.25) is 0 Å². The lowest BCUT2D eigenvalue weighted by atomic mass is 10.1. The number of benzene rings is 1. The smallest absolute Gasteiger partial charge is 0.133 e. The van der Waals surface area contributed by atoms with Crippen molar-refractivity contribution in [2.45, 2.75) is 19.4 Å². The Bertz CT molecular complexity index is 536. The SMILES string of the molecule is CCc1ccc(C(O)c2c(F)cccc2OC)s1. The number of aliphatic hydroxyl groups excluding tert-OH is 1. The van der Waals surface area contributed by atoms with Crippen LogP contribution in [0.25, 0.3) is 0 Å². The lowest BCUT2D eigenvalue weighted by Crippen LogP contribution is -2.03. The Hall–Kier alpha value is -1.39. The molecule has 0 aliphatic heterocycles. The van der Waals surface area contributed by atoms with E-state index in [-0.39, 0.29) is 5.56 Å². The van der Waals surface area contributed by atoms with Crippen LogP contribution < -0.4 is 4.74 Å². The number of rotatable bonds is 4. The molecule has 1 atom stereocenters. The van der Waals surface area contributed by atoms with Crippen LogP contribution in [0.15, 0.2) is 30.3 Å². The fourth-order valence-corrected chi connectivity index (χ4v) is 2.78. The van der Waals surface area contributed by atoms with Crippen LogP contribution in [0.5, 0.6) is 5.75 Å². The van der Waals surface area contributed by atoms with Gasteiger partial charge in [-0.1, -0.05) is 13.0 Å². The highest BCUT2D eigenvalue weighted by Crippen LogP contribution is 2.35. The van der Waals surface area contributed by atoms with Crippen LogP contribution in [0.3, 0.4) is 0 Å². The summed E-state index contributed by atoms with van der Waals surface area (Å²) in [5, 5.41) is 10.3. The Morgan fingerprint density at radius 2 is 2.11 bits per heavy atom. The molecule has 96 valence electrons. The molecule has 1 aromatic heterocycles. The topological polar surface area (TPSA) is 29.5 Å². The maximum Gasteiger partial charge on any atom is 0.133 e. The molecule has 1 N–H and O–H groups in total. The number of methoxy groups -OCH3 is 1. The van der Waals surface area contributed by atoms with Crippen molar-refractivity contribution in [3.05, 3.63) is 51.5 Å². The number of hydrogen-bond acceptors (Lipinski definition) is 3. The standard InChI is InChI=1S/C14H15FO2S/c1-3-9-7-8-12(18-9)14(16)13-10(15)5-4-6-11(13)17-2/h4-8,14,16H,3H2,1-2H3. The first-order valence-corrected chi connectivity index (χ1v) is 6.58. The average molecular weight is 266 g/mol. The van der Waals surface area contributed by atoms with Crippen molar-refractivity contribution in [2.75, 3.05) is 7.11 Å². The third-order valence-electron chi connectivity index (χ3n) is 2.81. The Morgan fingerprint density at radius 3 is 2.72 bits per heavy atom. The lowest BCUT2D eigenvalue weighted by Gasteiger charge is -2.14. The molecule has 1 aromatic carbocycles. The van der Waals surface area contributed by atoms with Gasteiger partial charge in [-0.05, 0) is 30.7 Å². The normalized spacial score (nSPS) is 12.4. The number of aliphatic hydroxyl groups is 1.